The van der Waals surface area contributed by atoms with Gasteiger partial charge < -0.3 is 9.88 Å². The van der Waals surface area contributed by atoms with E-state index in [4.69, 9.17) is 0 Å². The van der Waals surface area contributed by atoms with Gasteiger partial charge in [0.05, 0.1) is 17.6 Å². The summed E-state index contributed by atoms with van der Waals surface area (Å²) in [6.07, 6.45) is 8.83. The molecule has 0 aliphatic carbocycles. The Morgan fingerprint density at radius 2 is 2.12 bits per heavy atom. The number of hydrogen-bond acceptors (Lipinski definition) is 4. The predicted octanol–water partition coefficient (Wildman–Crippen LogP) is 2.44. The third-order valence-corrected chi connectivity index (χ3v) is 3.64. The monoisotopic (exact) mass is 324 g/mol. The van der Waals surface area contributed by atoms with E-state index in [1.165, 1.54) is 0 Å². The molecular formula is C17H20N6O. The van der Waals surface area contributed by atoms with Crippen molar-refractivity contribution < 1.29 is 4.79 Å². The number of imidazole rings is 1. The van der Waals surface area contributed by atoms with Crippen LogP contribution in [0.25, 0.3) is 11.3 Å². The van der Waals surface area contributed by atoms with Crippen LogP contribution < -0.4 is 5.32 Å². The number of aryl methyl sites for hydroxylation is 1. The van der Waals surface area contributed by atoms with Crippen LogP contribution in [0.1, 0.15) is 25.6 Å². The van der Waals surface area contributed by atoms with E-state index in [2.05, 4.69) is 34.2 Å². The number of amides is 1. The highest BCUT2D eigenvalue weighted by molar-refractivity contribution is 5.94. The van der Waals surface area contributed by atoms with E-state index >= 15 is 0 Å². The van der Waals surface area contributed by atoms with Crippen LogP contribution in [-0.4, -0.2) is 30.2 Å². The Morgan fingerprint density at radius 3 is 2.83 bits per heavy atom. The fourth-order valence-corrected chi connectivity index (χ4v) is 2.58. The number of aromatic nitrogens is 5. The second-order valence-electron chi connectivity index (χ2n) is 5.92. The lowest BCUT2D eigenvalue weighted by Crippen LogP contribution is -2.20. The molecule has 3 rings (SSSR count). The quantitative estimate of drug-likeness (QED) is 0.782. The maximum atomic E-state index is 12.4. The van der Waals surface area contributed by atoms with Crippen molar-refractivity contribution in [2.24, 2.45) is 7.05 Å². The van der Waals surface area contributed by atoms with Crippen LogP contribution in [0.2, 0.25) is 0 Å². The van der Waals surface area contributed by atoms with Crippen molar-refractivity contribution in [1.82, 2.24) is 24.3 Å². The number of carbonyl (C=O) groups excluding carboxylic acids is 1. The summed E-state index contributed by atoms with van der Waals surface area (Å²) >= 11 is 0. The van der Waals surface area contributed by atoms with E-state index in [0.29, 0.717) is 11.4 Å². The van der Waals surface area contributed by atoms with Crippen molar-refractivity contribution in [2.45, 2.75) is 26.3 Å². The zero-order valence-corrected chi connectivity index (χ0v) is 14.0. The Labute approximate surface area is 140 Å². The minimum Gasteiger partial charge on any atom is -0.325 e. The molecule has 0 aliphatic rings. The van der Waals surface area contributed by atoms with E-state index in [1.807, 2.05) is 30.1 Å². The molecule has 0 saturated heterocycles. The number of nitrogens with zero attached hydrogens (tertiary/aromatic N) is 5. The molecule has 3 aromatic heterocycles. The first kappa shape index (κ1) is 15.9. The normalized spacial score (nSPS) is 11.0. The molecule has 0 atom stereocenters. The summed E-state index contributed by atoms with van der Waals surface area (Å²) in [6, 6.07) is 3.64. The molecular weight excluding hydrogens is 304 g/mol. The molecule has 0 saturated carbocycles. The van der Waals surface area contributed by atoms with Crippen LogP contribution in [0, 0.1) is 0 Å². The van der Waals surface area contributed by atoms with Crippen LogP contribution >= 0.6 is 0 Å². The van der Waals surface area contributed by atoms with E-state index in [0.717, 1.165) is 11.4 Å². The van der Waals surface area contributed by atoms with Gasteiger partial charge in [-0.2, -0.15) is 5.10 Å². The summed E-state index contributed by atoms with van der Waals surface area (Å²) in [5, 5.41) is 7.09. The number of hydrogen-bond donors (Lipinski definition) is 1. The first-order valence-corrected chi connectivity index (χ1v) is 7.79. The van der Waals surface area contributed by atoms with E-state index in [-0.39, 0.29) is 18.4 Å². The minimum absolute atomic E-state index is 0.118. The van der Waals surface area contributed by atoms with Crippen LogP contribution in [-0.2, 0) is 18.4 Å². The Balaban J connectivity index is 1.79. The molecule has 0 unspecified atom stereocenters. The van der Waals surface area contributed by atoms with Crippen LogP contribution in [0.5, 0.6) is 0 Å². The van der Waals surface area contributed by atoms with Gasteiger partial charge in [-0.25, -0.2) is 4.98 Å². The smallest absolute Gasteiger partial charge is 0.244 e. The number of rotatable bonds is 5. The lowest BCUT2D eigenvalue weighted by molar-refractivity contribution is -0.116. The zero-order valence-electron chi connectivity index (χ0n) is 14.0. The molecule has 3 aromatic rings. The summed E-state index contributed by atoms with van der Waals surface area (Å²) in [4.78, 5) is 21.1. The highest BCUT2D eigenvalue weighted by Crippen LogP contribution is 2.24. The Morgan fingerprint density at radius 1 is 1.29 bits per heavy atom. The van der Waals surface area contributed by atoms with Crippen LogP contribution in [0.4, 0.5) is 5.69 Å². The van der Waals surface area contributed by atoms with Crippen LogP contribution in [0.3, 0.4) is 0 Å². The number of carbonyl (C=O) groups is 1. The molecule has 0 bridgehead atoms. The van der Waals surface area contributed by atoms with Gasteiger partial charge in [-0.1, -0.05) is 13.8 Å². The van der Waals surface area contributed by atoms with E-state index < -0.39 is 0 Å². The van der Waals surface area contributed by atoms with Crippen molar-refractivity contribution in [3.8, 4) is 11.3 Å². The Kier molecular flexibility index (Phi) is 4.41. The van der Waals surface area contributed by atoms with Gasteiger partial charge >= 0.3 is 0 Å². The summed E-state index contributed by atoms with van der Waals surface area (Å²) in [6.45, 7) is 4.33. The van der Waals surface area contributed by atoms with Gasteiger partial charge in [0.25, 0.3) is 0 Å². The topological polar surface area (TPSA) is 77.6 Å². The molecule has 0 aromatic carbocycles. The van der Waals surface area contributed by atoms with Gasteiger partial charge in [-0.15, -0.1) is 0 Å². The van der Waals surface area contributed by atoms with Crippen molar-refractivity contribution >= 4 is 11.6 Å². The van der Waals surface area contributed by atoms with Gasteiger partial charge in [0.15, 0.2) is 0 Å². The molecule has 7 nitrogen and oxygen atoms in total. The van der Waals surface area contributed by atoms with Gasteiger partial charge in [0, 0.05) is 43.3 Å². The zero-order chi connectivity index (χ0) is 17.1. The summed E-state index contributed by atoms with van der Waals surface area (Å²) in [7, 11) is 1.84. The standard InChI is InChI=1S/C17H20N6O/c1-12(2)17-19-7-8-23(17)11-15(24)21-14-5-4-6-18-16(14)13-9-20-22(3)10-13/h4-10,12H,11H2,1-3H3,(H,21,24). The second kappa shape index (κ2) is 6.66. The van der Waals surface area contributed by atoms with Crippen molar-refractivity contribution in [3.63, 3.8) is 0 Å². The first-order chi connectivity index (χ1) is 11.5. The molecule has 0 radical (unpaired) electrons. The summed E-state index contributed by atoms with van der Waals surface area (Å²) in [5.41, 5.74) is 2.23. The molecule has 1 N–H and O–H groups in total. The number of nitrogens with one attached hydrogen (secondary N) is 1. The average Bonchev–Trinajstić information content (AvgIpc) is 3.17. The van der Waals surface area contributed by atoms with Gasteiger partial charge in [-0.05, 0) is 12.1 Å². The average molecular weight is 324 g/mol. The lowest BCUT2D eigenvalue weighted by Gasteiger charge is -2.12. The fourth-order valence-electron chi connectivity index (χ4n) is 2.58. The van der Waals surface area contributed by atoms with Crippen molar-refractivity contribution in [1.29, 1.82) is 0 Å². The maximum Gasteiger partial charge on any atom is 0.244 e. The van der Waals surface area contributed by atoms with Gasteiger partial charge in [0.2, 0.25) is 5.91 Å². The fraction of sp³-hybridized carbons (Fsp3) is 0.294. The van der Waals surface area contributed by atoms with Gasteiger partial charge in [0.1, 0.15) is 12.4 Å². The first-order valence-electron chi connectivity index (χ1n) is 7.79. The van der Waals surface area contributed by atoms with Crippen molar-refractivity contribution in [3.05, 3.63) is 48.9 Å². The predicted molar refractivity (Wildman–Crippen MR) is 91.4 cm³/mol. The molecule has 3 heterocycles. The number of pyridine rings is 1. The molecule has 7 heteroatoms. The molecule has 0 aliphatic heterocycles. The summed E-state index contributed by atoms with van der Waals surface area (Å²) in [5.74, 6) is 1.04. The minimum atomic E-state index is -0.118. The molecule has 0 spiro atoms. The highest BCUT2D eigenvalue weighted by Gasteiger charge is 2.14. The van der Waals surface area contributed by atoms with Gasteiger partial charge in [-0.3, -0.25) is 14.5 Å². The van der Waals surface area contributed by atoms with E-state index in [9.17, 15) is 4.79 Å². The maximum absolute atomic E-state index is 12.4. The molecule has 0 fully saturated rings. The number of anilines is 1. The highest BCUT2D eigenvalue weighted by atomic mass is 16.1. The van der Waals surface area contributed by atoms with E-state index in [1.54, 1.807) is 29.3 Å². The van der Waals surface area contributed by atoms with Crippen molar-refractivity contribution in [2.75, 3.05) is 5.32 Å². The summed E-state index contributed by atoms with van der Waals surface area (Å²) < 4.78 is 3.57. The SMILES string of the molecule is CC(C)c1nccn1CC(=O)Nc1cccnc1-c1cnn(C)c1. The molecule has 24 heavy (non-hydrogen) atoms. The largest absolute Gasteiger partial charge is 0.325 e. The second-order valence-corrected chi connectivity index (χ2v) is 5.92. The third kappa shape index (κ3) is 3.34. The molecule has 1 amide bonds. The Hall–Kier alpha value is -2.96. The third-order valence-electron chi connectivity index (χ3n) is 3.64. The lowest BCUT2D eigenvalue weighted by atomic mass is 10.2. The molecule has 124 valence electrons. The Bertz CT molecular complexity index is 848. The van der Waals surface area contributed by atoms with Crippen LogP contribution in [0.15, 0.2) is 43.1 Å².